The molecule has 116 valence electrons. The van der Waals surface area contributed by atoms with Gasteiger partial charge in [-0.05, 0) is 36.2 Å². The van der Waals surface area contributed by atoms with Crippen molar-refractivity contribution in [1.29, 1.82) is 0 Å². The Morgan fingerprint density at radius 2 is 1.68 bits per heavy atom. The molecule has 0 heterocycles. The largest absolute Gasteiger partial charge is 0.497 e. The molecule has 0 aliphatic carbocycles. The van der Waals surface area contributed by atoms with Crippen molar-refractivity contribution in [2.45, 2.75) is 17.7 Å². The molecule has 0 fully saturated rings. The number of methoxy groups -OCH3 is 1. The Morgan fingerprint density at radius 1 is 1.05 bits per heavy atom. The molecule has 0 radical (unpaired) electrons. The van der Waals surface area contributed by atoms with Crippen molar-refractivity contribution in [3.63, 3.8) is 0 Å². The summed E-state index contributed by atoms with van der Waals surface area (Å²) >= 11 is 0. The highest BCUT2D eigenvalue weighted by molar-refractivity contribution is 7.90. The molecule has 1 amide bonds. The van der Waals surface area contributed by atoms with Crippen LogP contribution in [0.2, 0.25) is 0 Å². The molecular weight excluding hydrogens is 302 g/mol. The number of amides is 1. The van der Waals surface area contributed by atoms with Crippen LogP contribution in [0, 0.1) is 0 Å². The zero-order valence-electron chi connectivity index (χ0n) is 12.2. The Morgan fingerprint density at radius 3 is 2.27 bits per heavy atom. The van der Waals surface area contributed by atoms with Crippen molar-refractivity contribution >= 4 is 15.9 Å². The van der Waals surface area contributed by atoms with Crippen LogP contribution in [0.25, 0.3) is 0 Å². The number of aryl methyl sites for hydroxylation is 1. The maximum absolute atomic E-state index is 12.0. The summed E-state index contributed by atoms with van der Waals surface area (Å²) in [4.78, 5) is 11.9. The molecule has 0 atom stereocenters. The van der Waals surface area contributed by atoms with Crippen molar-refractivity contribution in [2.75, 3.05) is 7.11 Å². The summed E-state index contributed by atoms with van der Waals surface area (Å²) in [7, 11) is -2.21. The molecule has 2 aromatic carbocycles. The number of carbonyl (C=O) groups excluding carboxylic acids is 1. The minimum Gasteiger partial charge on any atom is -0.497 e. The lowest BCUT2D eigenvalue weighted by Gasteiger charge is -2.07. The normalized spacial score (nSPS) is 11.0. The van der Waals surface area contributed by atoms with E-state index in [0.717, 1.165) is 11.3 Å². The number of nitrogens with one attached hydrogen (secondary N) is 1. The lowest BCUT2D eigenvalue weighted by Crippen LogP contribution is -2.30. The van der Waals surface area contributed by atoms with Gasteiger partial charge in [0.25, 0.3) is 10.0 Å². The summed E-state index contributed by atoms with van der Waals surface area (Å²) in [5, 5.41) is 0. The Kier molecular flexibility index (Phi) is 5.16. The third kappa shape index (κ3) is 4.33. The molecule has 2 aromatic rings. The van der Waals surface area contributed by atoms with Crippen LogP contribution >= 0.6 is 0 Å². The van der Waals surface area contributed by atoms with E-state index in [4.69, 9.17) is 4.74 Å². The predicted molar refractivity (Wildman–Crippen MR) is 83.1 cm³/mol. The summed E-state index contributed by atoms with van der Waals surface area (Å²) < 4.78 is 31.1. The van der Waals surface area contributed by atoms with Crippen LogP contribution < -0.4 is 9.46 Å². The Labute approximate surface area is 130 Å². The number of hydrogen-bond donors (Lipinski definition) is 1. The number of hydrogen-bond acceptors (Lipinski definition) is 4. The number of carbonyl (C=O) groups is 1. The minimum absolute atomic E-state index is 0.0767. The van der Waals surface area contributed by atoms with E-state index in [-0.39, 0.29) is 11.3 Å². The van der Waals surface area contributed by atoms with Crippen molar-refractivity contribution < 1.29 is 17.9 Å². The molecule has 0 bridgehead atoms. The van der Waals surface area contributed by atoms with Gasteiger partial charge in [0.05, 0.1) is 12.0 Å². The second-order valence-corrected chi connectivity index (χ2v) is 6.37. The summed E-state index contributed by atoms with van der Waals surface area (Å²) in [6.07, 6.45) is 0.554. The van der Waals surface area contributed by atoms with E-state index >= 15 is 0 Å². The highest BCUT2D eigenvalue weighted by Crippen LogP contribution is 2.13. The average Bonchev–Trinajstić information content (AvgIpc) is 2.54. The van der Waals surface area contributed by atoms with Gasteiger partial charge < -0.3 is 4.74 Å². The molecule has 0 unspecified atom stereocenters. The topological polar surface area (TPSA) is 72.5 Å². The molecule has 0 aliphatic rings. The van der Waals surface area contributed by atoms with Gasteiger partial charge in [0.1, 0.15) is 5.75 Å². The van der Waals surface area contributed by atoms with Crippen molar-refractivity contribution in [1.82, 2.24) is 4.72 Å². The summed E-state index contributed by atoms with van der Waals surface area (Å²) in [5.41, 5.74) is 0.938. The van der Waals surface area contributed by atoms with E-state index in [1.807, 2.05) is 12.1 Å². The lowest BCUT2D eigenvalue weighted by molar-refractivity contribution is -0.119. The van der Waals surface area contributed by atoms with Gasteiger partial charge in [-0.3, -0.25) is 4.79 Å². The van der Waals surface area contributed by atoms with Crippen LogP contribution in [0.5, 0.6) is 5.75 Å². The fourth-order valence-electron chi connectivity index (χ4n) is 1.91. The van der Waals surface area contributed by atoms with E-state index in [1.54, 1.807) is 37.4 Å². The highest BCUT2D eigenvalue weighted by atomic mass is 32.2. The smallest absolute Gasteiger partial charge is 0.264 e. The van der Waals surface area contributed by atoms with Gasteiger partial charge in [-0.25, -0.2) is 13.1 Å². The van der Waals surface area contributed by atoms with Crippen molar-refractivity contribution in [3.8, 4) is 5.75 Å². The zero-order chi connectivity index (χ0) is 16.0. The van der Waals surface area contributed by atoms with Crippen LogP contribution in [0.1, 0.15) is 12.0 Å². The van der Waals surface area contributed by atoms with E-state index in [2.05, 4.69) is 4.72 Å². The summed E-state index contributed by atoms with van der Waals surface area (Å²) in [5.74, 6) is 0.208. The first kappa shape index (κ1) is 16.0. The third-order valence-electron chi connectivity index (χ3n) is 3.10. The van der Waals surface area contributed by atoms with Gasteiger partial charge in [-0.2, -0.15) is 0 Å². The van der Waals surface area contributed by atoms with E-state index in [9.17, 15) is 13.2 Å². The minimum atomic E-state index is -3.79. The SMILES string of the molecule is COc1ccc(CCC(=O)NS(=O)(=O)c2ccccc2)cc1. The molecule has 6 heteroatoms. The van der Waals surface area contributed by atoms with Crippen LogP contribution in [-0.2, 0) is 21.2 Å². The van der Waals surface area contributed by atoms with Gasteiger partial charge in [-0.1, -0.05) is 30.3 Å². The first-order chi connectivity index (χ1) is 10.5. The van der Waals surface area contributed by atoms with Gasteiger partial charge in [0.15, 0.2) is 0 Å². The van der Waals surface area contributed by atoms with E-state index < -0.39 is 15.9 Å². The Balaban J connectivity index is 1.92. The van der Waals surface area contributed by atoms with Crippen LogP contribution in [-0.4, -0.2) is 21.4 Å². The van der Waals surface area contributed by atoms with Gasteiger partial charge in [0, 0.05) is 6.42 Å². The molecule has 0 aliphatic heterocycles. The lowest BCUT2D eigenvalue weighted by atomic mass is 10.1. The Hall–Kier alpha value is -2.34. The Bertz CT molecular complexity index is 725. The molecule has 2 rings (SSSR count). The van der Waals surface area contributed by atoms with Gasteiger partial charge in [-0.15, -0.1) is 0 Å². The van der Waals surface area contributed by atoms with Crippen LogP contribution in [0.3, 0.4) is 0 Å². The summed E-state index contributed by atoms with van der Waals surface area (Å²) in [6.45, 7) is 0. The second kappa shape index (κ2) is 7.09. The molecule has 0 aromatic heterocycles. The fourth-order valence-corrected chi connectivity index (χ4v) is 2.94. The highest BCUT2D eigenvalue weighted by Gasteiger charge is 2.16. The van der Waals surface area contributed by atoms with E-state index in [1.165, 1.54) is 12.1 Å². The molecular formula is C16H17NO4S. The maximum atomic E-state index is 12.0. The number of sulfonamides is 1. The fraction of sp³-hybridized carbons (Fsp3) is 0.188. The number of rotatable bonds is 6. The molecule has 0 saturated heterocycles. The van der Waals surface area contributed by atoms with Gasteiger partial charge >= 0.3 is 0 Å². The maximum Gasteiger partial charge on any atom is 0.264 e. The monoisotopic (exact) mass is 319 g/mol. The first-order valence-electron chi connectivity index (χ1n) is 6.75. The third-order valence-corrected chi connectivity index (χ3v) is 4.49. The van der Waals surface area contributed by atoms with Crippen LogP contribution in [0.15, 0.2) is 59.5 Å². The molecule has 0 saturated carbocycles. The van der Waals surface area contributed by atoms with Gasteiger partial charge in [0.2, 0.25) is 5.91 Å². The van der Waals surface area contributed by atoms with E-state index in [0.29, 0.717) is 6.42 Å². The number of ether oxygens (including phenoxy) is 1. The quantitative estimate of drug-likeness (QED) is 0.885. The average molecular weight is 319 g/mol. The second-order valence-electron chi connectivity index (χ2n) is 4.69. The van der Waals surface area contributed by atoms with Crippen molar-refractivity contribution in [3.05, 3.63) is 60.2 Å². The molecule has 22 heavy (non-hydrogen) atoms. The molecule has 5 nitrogen and oxygen atoms in total. The number of benzene rings is 2. The predicted octanol–water partition coefficient (Wildman–Crippen LogP) is 2.13. The summed E-state index contributed by atoms with van der Waals surface area (Å²) in [6, 6.07) is 15.1. The van der Waals surface area contributed by atoms with Crippen molar-refractivity contribution in [2.24, 2.45) is 0 Å². The first-order valence-corrected chi connectivity index (χ1v) is 8.23. The standard InChI is InChI=1S/C16H17NO4S/c1-21-14-10-7-13(8-11-14)9-12-16(18)17-22(19,20)15-5-3-2-4-6-15/h2-8,10-11H,9,12H2,1H3,(H,17,18). The molecule has 1 N–H and O–H groups in total. The zero-order valence-corrected chi connectivity index (χ0v) is 13.0. The van der Waals surface area contributed by atoms with Crippen LogP contribution in [0.4, 0.5) is 0 Å². The molecule has 0 spiro atoms.